The summed E-state index contributed by atoms with van der Waals surface area (Å²) in [4.78, 5) is 39.3. The van der Waals surface area contributed by atoms with Crippen LogP contribution in [0.2, 0.25) is 0 Å². The Balaban J connectivity index is 3.64. The van der Waals surface area contributed by atoms with Gasteiger partial charge in [0.25, 0.3) is 0 Å². The third kappa shape index (κ3) is 6.84. The third-order valence-electron chi connectivity index (χ3n) is 1.06. The first-order valence-electron chi connectivity index (χ1n) is 3.82. The molecule has 0 atom stereocenters. The molecule has 0 amide bonds. The molecule has 78 valence electrons. The summed E-state index contributed by atoms with van der Waals surface area (Å²) in [6, 6.07) is 0. The topological polar surface area (TPSA) is 89.9 Å². The lowest BCUT2D eigenvalue weighted by Gasteiger charge is -1.98. The van der Waals surface area contributed by atoms with E-state index in [9.17, 15) is 14.4 Å². The molecule has 0 bridgehead atoms. The van der Waals surface area contributed by atoms with E-state index >= 15 is 0 Å². The zero-order valence-corrected chi connectivity index (χ0v) is 7.56. The summed E-state index contributed by atoms with van der Waals surface area (Å²) in [7, 11) is 0. The number of carboxylic acid groups (broad SMARTS) is 1. The summed E-state index contributed by atoms with van der Waals surface area (Å²) >= 11 is 0. The van der Waals surface area contributed by atoms with Gasteiger partial charge in [-0.2, -0.15) is 0 Å². The number of carbonyl (C=O) groups is 3. The molecule has 6 nitrogen and oxygen atoms in total. The fourth-order valence-electron chi connectivity index (χ4n) is 0.502. The van der Waals surface area contributed by atoms with Crippen molar-refractivity contribution in [1.29, 1.82) is 0 Å². The van der Waals surface area contributed by atoms with Gasteiger partial charge in [-0.25, -0.2) is 19.4 Å². The van der Waals surface area contributed by atoms with Crippen LogP contribution in [0.15, 0.2) is 12.2 Å². The Bertz CT molecular complexity index is 255. The predicted octanol–water partition coefficient (Wildman–Crippen LogP) is 0.429. The van der Waals surface area contributed by atoms with Gasteiger partial charge in [0.2, 0.25) is 0 Å². The minimum atomic E-state index is -1.12. The van der Waals surface area contributed by atoms with Crippen molar-refractivity contribution < 1.29 is 29.3 Å². The molecule has 6 heteroatoms. The van der Waals surface area contributed by atoms with E-state index in [1.54, 1.807) is 6.92 Å². The maximum Gasteiger partial charge on any atom is 0.378 e. The van der Waals surface area contributed by atoms with E-state index in [-0.39, 0.29) is 12.8 Å². The van der Waals surface area contributed by atoms with Crippen LogP contribution in [-0.2, 0) is 24.2 Å². The molecule has 0 spiro atoms. The maximum atomic E-state index is 10.7. The summed E-state index contributed by atoms with van der Waals surface area (Å²) in [5, 5.41) is 8.20. The van der Waals surface area contributed by atoms with E-state index in [4.69, 9.17) is 5.11 Å². The average Bonchev–Trinajstić information content (AvgIpc) is 2.12. The van der Waals surface area contributed by atoms with Crippen molar-refractivity contribution in [2.24, 2.45) is 0 Å². The van der Waals surface area contributed by atoms with Crippen LogP contribution in [0.3, 0.4) is 0 Å². The second-order valence-corrected chi connectivity index (χ2v) is 2.25. The Morgan fingerprint density at radius 1 is 1.21 bits per heavy atom. The van der Waals surface area contributed by atoms with E-state index in [1.165, 1.54) is 6.08 Å². The van der Waals surface area contributed by atoms with E-state index in [0.717, 1.165) is 6.08 Å². The predicted molar refractivity (Wildman–Crippen MR) is 43.9 cm³/mol. The Morgan fingerprint density at radius 3 is 2.36 bits per heavy atom. The Morgan fingerprint density at radius 2 is 1.86 bits per heavy atom. The fraction of sp³-hybridized carbons (Fsp3) is 0.375. The SMILES string of the molecule is CC=CC(=O)OOC(=O)CCC(=O)O. The number of aliphatic carboxylic acids is 1. The molecular formula is C8H10O6. The van der Waals surface area contributed by atoms with E-state index in [0.29, 0.717) is 0 Å². The van der Waals surface area contributed by atoms with Crippen LogP contribution in [-0.4, -0.2) is 23.0 Å². The van der Waals surface area contributed by atoms with Crippen molar-refractivity contribution >= 4 is 17.9 Å². The molecular weight excluding hydrogens is 192 g/mol. The second kappa shape index (κ2) is 6.64. The van der Waals surface area contributed by atoms with Gasteiger partial charge in [0, 0.05) is 6.08 Å². The summed E-state index contributed by atoms with van der Waals surface area (Å²) in [6.07, 6.45) is 1.77. The van der Waals surface area contributed by atoms with Crippen LogP contribution in [0.25, 0.3) is 0 Å². The number of rotatable bonds is 4. The number of carboxylic acids is 1. The second-order valence-electron chi connectivity index (χ2n) is 2.25. The molecule has 0 aliphatic carbocycles. The molecule has 0 unspecified atom stereocenters. The maximum absolute atomic E-state index is 10.7. The van der Waals surface area contributed by atoms with Gasteiger partial charge in [-0.15, -0.1) is 0 Å². The normalized spacial score (nSPS) is 9.79. The van der Waals surface area contributed by atoms with Gasteiger partial charge < -0.3 is 5.11 Å². The van der Waals surface area contributed by atoms with Gasteiger partial charge in [0.15, 0.2) is 0 Å². The molecule has 0 aromatic carbocycles. The average molecular weight is 202 g/mol. The zero-order chi connectivity index (χ0) is 11.0. The summed E-state index contributed by atoms with van der Waals surface area (Å²) in [5.74, 6) is -2.84. The zero-order valence-electron chi connectivity index (χ0n) is 7.56. The van der Waals surface area contributed by atoms with E-state index in [1.807, 2.05) is 0 Å². The van der Waals surface area contributed by atoms with Crippen LogP contribution in [0.5, 0.6) is 0 Å². The molecule has 0 saturated carbocycles. The van der Waals surface area contributed by atoms with Gasteiger partial charge >= 0.3 is 17.9 Å². The summed E-state index contributed by atoms with van der Waals surface area (Å²) in [5.41, 5.74) is 0. The first kappa shape index (κ1) is 12.2. The highest BCUT2D eigenvalue weighted by molar-refractivity contribution is 5.82. The molecule has 0 aliphatic heterocycles. The smallest absolute Gasteiger partial charge is 0.378 e. The minimum absolute atomic E-state index is 0.335. The number of allylic oxidation sites excluding steroid dienone is 1. The largest absolute Gasteiger partial charge is 0.481 e. The van der Waals surface area contributed by atoms with Crippen molar-refractivity contribution in [1.82, 2.24) is 0 Å². The summed E-state index contributed by atoms with van der Waals surface area (Å²) < 4.78 is 0. The van der Waals surface area contributed by atoms with Crippen molar-refractivity contribution in [3.8, 4) is 0 Å². The highest BCUT2D eigenvalue weighted by Crippen LogP contribution is 1.94. The number of hydrogen-bond donors (Lipinski definition) is 1. The Labute approximate surface area is 80.0 Å². The van der Waals surface area contributed by atoms with Crippen LogP contribution >= 0.6 is 0 Å². The lowest BCUT2D eigenvalue weighted by Crippen LogP contribution is -2.10. The standard InChI is InChI=1S/C8H10O6/c1-2-3-7(11)13-14-8(12)5-4-6(9)10/h2-3H,4-5H2,1H3,(H,9,10). The molecule has 14 heavy (non-hydrogen) atoms. The highest BCUT2D eigenvalue weighted by atomic mass is 17.2. The van der Waals surface area contributed by atoms with Crippen molar-refractivity contribution in [2.45, 2.75) is 19.8 Å². The van der Waals surface area contributed by atoms with Crippen LogP contribution in [0.4, 0.5) is 0 Å². The van der Waals surface area contributed by atoms with E-state index < -0.39 is 17.9 Å². The molecule has 0 aliphatic rings. The van der Waals surface area contributed by atoms with Crippen molar-refractivity contribution in [3.63, 3.8) is 0 Å². The van der Waals surface area contributed by atoms with Crippen LogP contribution in [0.1, 0.15) is 19.8 Å². The Hall–Kier alpha value is -1.85. The lowest BCUT2D eigenvalue weighted by atomic mass is 10.3. The molecule has 1 N–H and O–H groups in total. The first-order valence-corrected chi connectivity index (χ1v) is 3.82. The van der Waals surface area contributed by atoms with Gasteiger partial charge in [0.05, 0.1) is 12.8 Å². The van der Waals surface area contributed by atoms with Gasteiger partial charge in [-0.05, 0) is 6.92 Å². The van der Waals surface area contributed by atoms with Gasteiger partial charge in [-0.3, -0.25) is 4.79 Å². The Kier molecular flexibility index (Phi) is 5.77. The highest BCUT2D eigenvalue weighted by Gasteiger charge is 2.09. The van der Waals surface area contributed by atoms with E-state index in [2.05, 4.69) is 9.78 Å². The molecule has 0 radical (unpaired) electrons. The van der Waals surface area contributed by atoms with Crippen LogP contribution in [0, 0.1) is 0 Å². The lowest BCUT2D eigenvalue weighted by molar-refractivity contribution is -0.255. The quantitative estimate of drug-likeness (QED) is 0.404. The number of hydrogen-bond acceptors (Lipinski definition) is 5. The van der Waals surface area contributed by atoms with Gasteiger partial charge in [-0.1, -0.05) is 6.08 Å². The van der Waals surface area contributed by atoms with Crippen LogP contribution < -0.4 is 0 Å². The molecule has 0 aromatic heterocycles. The van der Waals surface area contributed by atoms with Crippen molar-refractivity contribution in [3.05, 3.63) is 12.2 Å². The minimum Gasteiger partial charge on any atom is -0.481 e. The molecule has 0 heterocycles. The molecule has 0 rings (SSSR count). The molecule has 0 aromatic rings. The van der Waals surface area contributed by atoms with Gasteiger partial charge in [0.1, 0.15) is 0 Å². The third-order valence-corrected chi connectivity index (χ3v) is 1.06. The fourth-order valence-corrected chi connectivity index (χ4v) is 0.502. The van der Waals surface area contributed by atoms with Crippen molar-refractivity contribution in [2.75, 3.05) is 0 Å². The first-order chi connectivity index (χ1) is 6.56. The monoisotopic (exact) mass is 202 g/mol. The number of carbonyl (C=O) groups excluding carboxylic acids is 2. The summed E-state index contributed by atoms with van der Waals surface area (Å²) in [6.45, 7) is 1.59. The molecule has 0 saturated heterocycles. The molecule has 0 fully saturated rings.